The molecule has 1 aliphatic carbocycles. The SMILES string of the molecule is CN=C(NCCN1c2ccccc2CC1C)NCC1(C(=O)N(C)C)CCCC1.I. The molecule has 1 amide bonds. The Kier molecular flexibility index (Phi) is 8.60. The Bertz CT molecular complexity index is 715. The summed E-state index contributed by atoms with van der Waals surface area (Å²) in [5.41, 5.74) is 2.49. The molecule has 1 aromatic rings. The summed E-state index contributed by atoms with van der Waals surface area (Å²) in [5.74, 6) is 1.01. The van der Waals surface area contributed by atoms with Gasteiger partial charge in [-0.05, 0) is 37.8 Å². The van der Waals surface area contributed by atoms with E-state index in [-0.39, 0.29) is 35.3 Å². The van der Waals surface area contributed by atoms with Crippen LogP contribution in [-0.2, 0) is 11.2 Å². The second kappa shape index (κ2) is 10.5. The van der Waals surface area contributed by atoms with Crippen LogP contribution < -0.4 is 15.5 Å². The molecule has 7 heteroatoms. The predicted molar refractivity (Wildman–Crippen MR) is 131 cm³/mol. The third-order valence-electron chi connectivity index (χ3n) is 6.23. The molecule has 1 fully saturated rings. The minimum atomic E-state index is -0.288. The predicted octanol–water partition coefficient (Wildman–Crippen LogP) is 2.87. The molecular formula is C22H36IN5O. The van der Waals surface area contributed by atoms with Crippen molar-refractivity contribution in [3.05, 3.63) is 29.8 Å². The molecule has 0 saturated heterocycles. The number of rotatable bonds is 6. The maximum absolute atomic E-state index is 12.7. The number of nitrogens with zero attached hydrogens (tertiary/aromatic N) is 3. The van der Waals surface area contributed by atoms with E-state index in [0.717, 1.165) is 51.2 Å². The molecule has 2 N–H and O–H groups in total. The van der Waals surface area contributed by atoms with Gasteiger partial charge in [0, 0.05) is 52.5 Å². The van der Waals surface area contributed by atoms with Crippen molar-refractivity contribution in [2.75, 3.05) is 45.7 Å². The minimum absolute atomic E-state index is 0. The van der Waals surface area contributed by atoms with Crippen molar-refractivity contribution < 1.29 is 4.79 Å². The molecular weight excluding hydrogens is 477 g/mol. The van der Waals surface area contributed by atoms with Crippen molar-refractivity contribution in [1.82, 2.24) is 15.5 Å². The van der Waals surface area contributed by atoms with E-state index in [9.17, 15) is 4.79 Å². The highest BCUT2D eigenvalue weighted by atomic mass is 127. The van der Waals surface area contributed by atoms with Gasteiger partial charge in [0.05, 0.1) is 5.41 Å². The standard InChI is InChI=1S/C22H35N5O.HI/c1-17-15-18-9-5-6-10-19(18)27(17)14-13-24-21(23-2)25-16-22(11-7-8-12-22)20(28)26(3)4;/h5-6,9-10,17H,7-8,11-16H2,1-4H3,(H2,23,24,25);1H. The van der Waals surface area contributed by atoms with E-state index >= 15 is 0 Å². The highest BCUT2D eigenvalue weighted by Gasteiger charge is 2.42. The fraction of sp³-hybridized carbons (Fsp3) is 0.636. The normalized spacial score (nSPS) is 20.1. The zero-order valence-electron chi connectivity index (χ0n) is 18.2. The third-order valence-corrected chi connectivity index (χ3v) is 6.23. The Morgan fingerprint density at radius 1 is 1.24 bits per heavy atom. The Morgan fingerprint density at radius 3 is 2.59 bits per heavy atom. The molecule has 0 bridgehead atoms. The maximum atomic E-state index is 12.7. The lowest BCUT2D eigenvalue weighted by molar-refractivity contribution is -0.138. The first kappa shape index (κ1) is 23.8. The summed E-state index contributed by atoms with van der Waals surface area (Å²) in [5, 5.41) is 6.85. The van der Waals surface area contributed by atoms with Gasteiger partial charge in [0.1, 0.15) is 0 Å². The molecule has 3 rings (SSSR count). The number of hydrogen-bond acceptors (Lipinski definition) is 3. The number of benzene rings is 1. The largest absolute Gasteiger partial charge is 0.367 e. The molecule has 1 aromatic carbocycles. The molecule has 29 heavy (non-hydrogen) atoms. The molecule has 0 aromatic heterocycles. The molecule has 0 radical (unpaired) electrons. The zero-order valence-corrected chi connectivity index (χ0v) is 20.5. The van der Waals surface area contributed by atoms with Gasteiger partial charge in [-0.25, -0.2) is 0 Å². The van der Waals surface area contributed by atoms with Crippen molar-refractivity contribution in [2.45, 2.75) is 45.1 Å². The van der Waals surface area contributed by atoms with Crippen LogP contribution in [0.5, 0.6) is 0 Å². The van der Waals surface area contributed by atoms with E-state index in [1.807, 2.05) is 14.1 Å². The van der Waals surface area contributed by atoms with Crippen molar-refractivity contribution in [1.29, 1.82) is 0 Å². The number of para-hydroxylation sites is 1. The Balaban J connectivity index is 0.00000300. The molecule has 1 atom stereocenters. The van der Waals surface area contributed by atoms with Crippen LogP contribution in [0.4, 0.5) is 5.69 Å². The third kappa shape index (κ3) is 5.35. The molecule has 2 aliphatic rings. The van der Waals surface area contributed by atoms with Crippen molar-refractivity contribution in [3.8, 4) is 0 Å². The number of amides is 1. The lowest BCUT2D eigenvalue weighted by Gasteiger charge is -2.31. The number of guanidine groups is 1. The van der Waals surface area contributed by atoms with E-state index in [1.165, 1.54) is 11.3 Å². The first-order valence-electron chi connectivity index (χ1n) is 10.5. The van der Waals surface area contributed by atoms with Crippen LogP contribution in [0, 0.1) is 5.41 Å². The van der Waals surface area contributed by atoms with Crippen molar-refractivity contribution in [3.63, 3.8) is 0 Å². The number of halogens is 1. The summed E-state index contributed by atoms with van der Waals surface area (Å²) in [7, 11) is 5.49. The van der Waals surface area contributed by atoms with Gasteiger partial charge in [-0.2, -0.15) is 0 Å². The van der Waals surface area contributed by atoms with E-state index in [2.05, 4.69) is 51.7 Å². The molecule has 1 saturated carbocycles. The lowest BCUT2D eigenvalue weighted by Crippen LogP contribution is -2.50. The Labute approximate surface area is 192 Å². The highest BCUT2D eigenvalue weighted by Crippen LogP contribution is 2.39. The van der Waals surface area contributed by atoms with Crippen LogP contribution in [0.15, 0.2) is 29.3 Å². The number of aliphatic imine (C=N–C) groups is 1. The van der Waals surface area contributed by atoms with Crippen LogP contribution >= 0.6 is 24.0 Å². The molecule has 1 aliphatic heterocycles. The summed E-state index contributed by atoms with van der Waals surface area (Å²) in [6, 6.07) is 9.19. The van der Waals surface area contributed by atoms with Gasteiger partial charge in [-0.15, -0.1) is 24.0 Å². The number of fused-ring (bicyclic) bond motifs is 1. The number of carbonyl (C=O) groups is 1. The average molecular weight is 513 g/mol. The summed E-state index contributed by atoms with van der Waals surface area (Å²) in [6.07, 6.45) is 5.27. The zero-order chi connectivity index (χ0) is 20.1. The molecule has 1 unspecified atom stereocenters. The lowest BCUT2D eigenvalue weighted by atomic mass is 9.84. The van der Waals surface area contributed by atoms with E-state index in [0.29, 0.717) is 12.6 Å². The molecule has 1 heterocycles. The number of nitrogens with one attached hydrogen (secondary N) is 2. The molecule has 6 nitrogen and oxygen atoms in total. The molecule has 162 valence electrons. The highest BCUT2D eigenvalue weighted by molar-refractivity contribution is 14.0. The summed E-state index contributed by atoms with van der Waals surface area (Å²) >= 11 is 0. The van der Waals surface area contributed by atoms with Crippen LogP contribution in [0.25, 0.3) is 0 Å². The van der Waals surface area contributed by atoms with Gasteiger partial charge in [0.15, 0.2) is 5.96 Å². The van der Waals surface area contributed by atoms with Crippen LogP contribution in [0.2, 0.25) is 0 Å². The Hall–Kier alpha value is -1.51. The summed E-state index contributed by atoms with van der Waals surface area (Å²) in [4.78, 5) is 21.3. The number of carbonyl (C=O) groups excluding carboxylic acids is 1. The average Bonchev–Trinajstić information content (AvgIpc) is 3.29. The fourth-order valence-corrected chi connectivity index (χ4v) is 4.73. The van der Waals surface area contributed by atoms with Crippen LogP contribution in [-0.4, -0.2) is 63.6 Å². The summed E-state index contributed by atoms with van der Waals surface area (Å²) < 4.78 is 0. The van der Waals surface area contributed by atoms with Gasteiger partial charge in [0.2, 0.25) is 5.91 Å². The first-order chi connectivity index (χ1) is 13.5. The summed E-state index contributed by atoms with van der Waals surface area (Å²) in [6.45, 7) is 4.67. The number of anilines is 1. The van der Waals surface area contributed by atoms with E-state index in [4.69, 9.17) is 0 Å². The van der Waals surface area contributed by atoms with Gasteiger partial charge >= 0.3 is 0 Å². The second-order valence-corrected chi connectivity index (χ2v) is 8.41. The van der Waals surface area contributed by atoms with Crippen molar-refractivity contribution >= 4 is 41.5 Å². The topological polar surface area (TPSA) is 60.0 Å². The minimum Gasteiger partial charge on any atom is -0.367 e. The van der Waals surface area contributed by atoms with Crippen molar-refractivity contribution in [2.24, 2.45) is 10.4 Å². The van der Waals surface area contributed by atoms with Gasteiger partial charge in [-0.3, -0.25) is 9.79 Å². The monoisotopic (exact) mass is 513 g/mol. The van der Waals surface area contributed by atoms with Gasteiger partial charge in [0.25, 0.3) is 0 Å². The van der Waals surface area contributed by atoms with Crippen LogP contribution in [0.3, 0.4) is 0 Å². The van der Waals surface area contributed by atoms with E-state index < -0.39 is 0 Å². The quantitative estimate of drug-likeness (QED) is 0.349. The molecule has 0 spiro atoms. The smallest absolute Gasteiger partial charge is 0.230 e. The van der Waals surface area contributed by atoms with Crippen LogP contribution in [0.1, 0.15) is 38.2 Å². The fourth-order valence-electron chi connectivity index (χ4n) is 4.73. The van der Waals surface area contributed by atoms with Gasteiger partial charge < -0.3 is 20.4 Å². The first-order valence-corrected chi connectivity index (χ1v) is 10.5. The van der Waals surface area contributed by atoms with Gasteiger partial charge in [-0.1, -0.05) is 31.0 Å². The number of hydrogen-bond donors (Lipinski definition) is 2. The van der Waals surface area contributed by atoms with E-state index in [1.54, 1.807) is 11.9 Å². The maximum Gasteiger partial charge on any atom is 0.230 e. The Morgan fingerprint density at radius 2 is 1.93 bits per heavy atom. The second-order valence-electron chi connectivity index (χ2n) is 8.41.